The number of hydrogen-bond acceptors (Lipinski definition) is 3. The van der Waals surface area contributed by atoms with Crippen molar-refractivity contribution in [1.82, 2.24) is 4.98 Å². The first-order valence-corrected chi connectivity index (χ1v) is 6.73. The molecule has 0 atom stereocenters. The lowest BCUT2D eigenvalue weighted by Crippen LogP contribution is -2.14. The number of carboxylic acid groups (broad SMARTS) is 1. The summed E-state index contributed by atoms with van der Waals surface area (Å²) in [5, 5.41) is 14.1. The summed E-state index contributed by atoms with van der Waals surface area (Å²) >= 11 is 0. The van der Waals surface area contributed by atoms with E-state index in [9.17, 15) is 9.90 Å². The van der Waals surface area contributed by atoms with Crippen LogP contribution in [0.1, 0.15) is 37.6 Å². The van der Waals surface area contributed by atoms with Crippen LogP contribution in [-0.2, 0) is 0 Å². The molecule has 4 nitrogen and oxygen atoms in total. The molecule has 1 aromatic carbocycles. The van der Waals surface area contributed by atoms with Crippen LogP contribution in [0.3, 0.4) is 0 Å². The molecule has 0 saturated carbocycles. The molecule has 0 spiro atoms. The van der Waals surface area contributed by atoms with E-state index in [0.717, 1.165) is 24.2 Å². The van der Waals surface area contributed by atoms with Gasteiger partial charge in [0.2, 0.25) is 0 Å². The van der Waals surface area contributed by atoms with E-state index >= 15 is 0 Å². The molecule has 0 bridgehead atoms. The van der Waals surface area contributed by atoms with E-state index in [1.54, 1.807) is 0 Å². The van der Waals surface area contributed by atoms with Crippen LogP contribution in [0.25, 0.3) is 10.8 Å². The first kappa shape index (κ1) is 14.3. The van der Waals surface area contributed by atoms with Crippen molar-refractivity contribution in [1.29, 1.82) is 0 Å². The molecule has 0 aliphatic carbocycles. The highest BCUT2D eigenvalue weighted by molar-refractivity contribution is 6.06. The summed E-state index contributed by atoms with van der Waals surface area (Å²) < 4.78 is 0. The normalized spacial score (nSPS) is 11.6. The standard InChI is InChI=1S/C16H20N2O2/c1-16(2,3)8-9-17-14-12-7-5-4-6-11(12)13(10-18-14)15(19)20/h4-7,10H,8-9H2,1-3H3,(H,17,18)(H,19,20). The molecule has 0 radical (unpaired) electrons. The van der Waals surface area contributed by atoms with Crippen LogP contribution in [0.15, 0.2) is 30.5 Å². The van der Waals surface area contributed by atoms with Crippen molar-refractivity contribution in [2.45, 2.75) is 27.2 Å². The molecule has 0 amide bonds. The lowest BCUT2D eigenvalue weighted by atomic mass is 9.92. The molecule has 106 valence electrons. The van der Waals surface area contributed by atoms with Gasteiger partial charge in [-0.15, -0.1) is 0 Å². The maximum absolute atomic E-state index is 11.2. The molecule has 2 rings (SSSR count). The van der Waals surface area contributed by atoms with Crippen molar-refractivity contribution in [2.24, 2.45) is 5.41 Å². The van der Waals surface area contributed by atoms with Crippen LogP contribution in [0.4, 0.5) is 5.82 Å². The van der Waals surface area contributed by atoms with Crippen LogP contribution >= 0.6 is 0 Å². The van der Waals surface area contributed by atoms with Crippen LogP contribution in [0.5, 0.6) is 0 Å². The maximum atomic E-state index is 11.2. The highest BCUT2D eigenvalue weighted by Crippen LogP contribution is 2.25. The maximum Gasteiger partial charge on any atom is 0.337 e. The van der Waals surface area contributed by atoms with Gasteiger partial charge in [0, 0.05) is 23.5 Å². The summed E-state index contributed by atoms with van der Waals surface area (Å²) in [5.41, 5.74) is 0.492. The number of carbonyl (C=O) groups is 1. The Morgan fingerprint density at radius 2 is 1.90 bits per heavy atom. The van der Waals surface area contributed by atoms with Gasteiger partial charge in [0.25, 0.3) is 0 Å². The van der Waals surface area contributed by atoms with E-state index in [0.29, 0.717) is 5.39 Å². The Hall–Kier alpha value is -2.10. The number of pyridine rings is 1. The average Bonchev–Trinajstić information content (AvgIpc) is 2.37. The summed E-state index contributed by atoms with van der Waals surface area (Å²) in [5.74, 6) is -0.204. The number of carboxylic acids is 1. The van der Waals surface area contributed by atoms with Gasteiger partial charge in [-0.3, -0.25) is 0 Å². The monoisotopic (exact) mass is 272 g/mol. The van der Waals surface area contributed by atoms with Crippen molar-refractivity contribution in [3.05, 3.63) is 36.0 Å². The van der Waals surface area contributed by atoms with Crippen LogP contribution in [-0.4, -0.2) is 22.6 Å². The lowest BCUT2D eigenvalue weighted by Gasteiger charge is -2.19. The van der Waals surface area contributed by atoms with Gasteiger partial charge in [0.15, 0.2) is 0 Å². The Labute approximate surface area is 118 Å². The smallest absolute Gasteiger partial charge is 0.337 e. The van der Waals surface area contributed by atoms with Crippen molar-refractivity contribution in [3.63, 3.8) is 0 Å². The van der Waals surface area contributed by atoms with Gasteiger partial charge in [0.1, 0.15) is 5.82 Å². The Bertz CT molecular complexity index is 630. The number of benzene rings is 1. The fourth-order valence-corrected chi connectivity index (χ4v) is 2.06. The minimum atomic E-state index is -0.949. The first-order valence-electron chi connectivity index (χ1n) is 6.73. The van der Waals surface area contributed by atoms with Crippen molar-refractivity contribution >= 4 is 22.6 Å². The summed E-state index contributed by atoms with van der Waals surface area (Å²) in [6.07, 6.45) is 2.44. The van der Waals surface area contributed by atoms with E-state index in [-0.39, 0.29) is 11.0 Å². The van der Waals surface area contributed by atoms with Crippen LogP contribution in [0, 0.1) is 5.41 Å². The number of aromatic carboxylic acids is 1. The Kier molecular flexibility index (Phi) is 3.93. The molecule has 0 fully saturated rings. The molecular formula is C16H20N2O2. The third-order valence-corrected chi connectivity index (χ3v) is 3.19. The molecule has 1 aromatic heterocycles. The van der Waals surface area contributed by atoms with E-state index in [2.05, 4.69) is 31.1 Å². The van der Waals surface area contributed by atoms with Gasteiger partial charge in [-0.1, -0.05) is 45.0 Å². The average molecular weight is 272 g/mol. The van der Waals surface area contributed by atoms with E-state index in [1.165, 1.54) is 6.20 Å². The molecule has 0 unspecified atom stereocenters. The lowest BCUT2D eigenvalue weighted by molar-refractivity contribution is 0.0698. The molecule has 0 aliphatic heterocycles. The summed E-state index contributed by atoms with van der Waals surface area (Å²) in [6, 6.07) is 7.45. The third kappa shape index (κ3) is 3.26. The number of anilines is 1. The SMILES string of the molecule is CC(C)(C)CCNc1ncc(C(=O)O)c2ccccc12. The molecule has 2 N–H and O–H groups in total. The summed E-state index contributed by atoms with van der Waals surface area (Å²) in [7, 11) is 0. The van der Waals surface area contributed by atoms with E-state index in [1.807, 2.05) is 24.3 Å². The fraction of sp³-hybridized carbons (Fsp3) is 0.375. The number of rotatable bonds is 4. The minimum Gasteiger partial charge on any atom is -0.478 e. The topological polar surface area (TPSA) is 62.2 Å². The number of aromatic nitrogens is 1. The van der Waals surface area contributed by atoms with Crippen molar-refractivity contribution < 1.29 is 9.90 Å². The van der Waals surface area contributed by atoms with Gasteiger partial charge >= 0.3 is 5.97 Å². The largest absolute Gasteiger partial charge is 0.478 e. The van der Waals surface area contributed by atoms with Crippen LogP contribution in [0.2, 0.25) is 0 Å². The number of nitrogens with one attached hydrogen (secondary N) is 1. The highest BCUT2D eigenvalue weighted by atomic mass is 16.4. The Balaban J connectivity index is 2.31. The zero-order chi connectivity index (χ0) is 14.8. The second-order valence-electron chi connectivity index (χ2n) is 6.11. The van der Waals surface area contributed by atoms with Gasteiger partial charge in [0.05, 0.1) is 5.56 Å². The third-order valence-electron chi connectivity index (χ3n) is 3.19. The van der Waals surface area contributed by atoms with Gasteiger partial charge in [-0.2, -0.15) is 0 Å². The predicted molar refractivity (Wildman–Crippen MR) is 81.3 cm³/mol. The number of nitrogens with zero attached hydrogens (tertiary/aromatic N) is 1. The van der Waals surface area contributed by atoms with Gasteiger partial charge in [-0.05, 0) is 11.8 Å². The molecule has 2 aromatic rings. The summed E-state index contributed by atoms with van der Waals surface area (Å²) in [4.78, 5) is 15.5. The van der Waals surface area contributed by atoms with Gasteiger partial charge < -0.3 is 10.4 Å². The second-order valence-corrected chi connectivity index (χ2v) is 6.11. The molecule has 0 saturated heterocycles. The molecular weight excluding hydrogens is 252 g/mol. The number of hydrogen-bond donors (Lipinski definition) is 2. The molecule has 20 heavy (non-hydrogen) atoms. The quantitative estimate of drug-likeness (QED) is 0.889. The zero-order valence-corrected chi connectivity index (χ0v) is 12.1. The second kappa shape index (κ2) is 5.49. The Morgan fingerprint density at radius 3 is 2.50 bits per heavy atom. The predicted octanol–water partition coefficient (Wildman–Crippen LogP) is 3.78. The number of fused-ring (bicyclic) bond motifs is 1. The molecule has 4 heteroatoms. The first-order chi connectivity index (χ1) is 9.38. The highest BCUT2D eigenvalue weighted by Gasteiger charge is 2.13. The van der Waals surface area contributed by atoms with Crippen molar-refractivity contribution in [3.8, 4) is 0 Å². The van der Waals surface area contributed by atoms with Crippen molar-refractivity contribution in [2.75, 3.05) is 11.9 Å². The zero-order valence-electron chi connectivity index (χ0n) is 12.1. The molecule has 0 aliphatic rings. The van der Waals surface area contributed by atoms with E-state index < -0.39 is 5.97 Å². The van der Waals surface area contributed by atoms with Crippen LogP contribution < -0.4 is 5.32 Å². The fourth-order valence-electron chi connectivity index (χ4n) is 2.06. The van der Waals surface area contributed by atoms with E-state index in [4.69, 9.17) is 0 Å². The van der Waals surface area contributed by atoms with Gasteiger partial charge in [-0.25, -0.2) is 9.78 Å². The summed E-state index contributed by atoms with van der Waals surface area (Å²) in [6.45, 7) is 7.38. The molecule has 1 heterocycles. The Morgan fingerprint density at radius 1 is 1.25 bits per heavy atom. The minimum absolute atomic E-state index is 0.238.